The summed E-state index contributed by atoms with van der Waals surface area (Å²) in [6.07, 6.45) is 1.47. The molecule has 10 heavy (non-hydrogen) atoms. The van der Waals surface area contributed by atoms with Crippen LogP contribution >= 0.6 is 0 Å². The molecule has 0 saturated carbocycles. The van der Waals surface area contributed by atoms with Crippen molar-refractivity contribution in [3.8, 4) is 0 Å². The zero-order valence-corrected chi connectivity index (χ0v) is 5.62. The number of carbonyl (C=O) groups is 2. The summed E-state index contributed by atoms with van der Waals surface area (Å²) < 4.78 is 0. The van der Waals surface area contributed by atoms with Gasteiger partial charge in [0.15, 0.2) is 0 Å². The first-order chi connectivity index (χ1) is 4.74. The van der Waals surface area contributed by atoms with Gasteiger partial charge in [-0.3, -0.25) is 9.59 Å². The highest BCUT2D eigenvalue weighted by Crippen LogP contribution is 2.12. The Morgan fingerprint density at radius 3 is 2.70 bits per heavy atom. The van der Waals surface area contributed by atoms with Crippen molar-refractivity contribution in [2.75, 3.05) is 13.1 Å². The lowest BCUT2D eigenvalue weighted by atomic mass is 10.1. The minimum absolute atomic E-state index is 0.120. The highest BCUT2D eigenvalue weighted by atomic mass is 16.1. The zero-order chi connectivity index (χ0) is 7.56. The summed E-state index contributed by atoms with van der Waals surface area (Å²) in [4.78, 5) is 22.3. The first-order valence-corrected chi connectivity index (χ1v) is 3.22. The van der Waals surface area contributed by atoms with Crippen LogP contribution in [0.4, 0.5) is 0 Å². The number of hydrogen-bond donors (Lipinski definition) is 1. The zero-order valence-electron chi connectivity index (χ0n) is 5.62. The third-order valence-corrected chi connectivity index (χ3v) is 1.77. The molecule has 0 aliphatic carbocycles. The van der Waals surface area contributed by atoms with Crippen LogP contribution in [-0.2, 0) is 9.59 Å². The maximum Gasteiger partial charge on any atom is 0.222 e. The molecule has 1 aliphatic rings. The molecule has 1 rings (SSSR count). The molecule has 1 unspecified atom stereocenters. The SMILES string of the molecule is NC(=O)C1CCN(C=O)C1. The molecule has 0 aromatic heterocycles. The molecule has 1 heterocycles. The van der Waals surface area contributed by atoms with Gasteiger partial charge < -0.3 is 10.6 Å². The summed E-state index contributed by atoms with van der Waals surface area (Å²) in [6, 6.07) is 0. The Morgan fingerprint density at radius 2 is 2.40 bits per heavy atom. The van der Waals surface area contributed by atoms with Crippen LogP contribution in [0, 0.1) is 5.92 Å². The van der Waals surface area contributed by atoms with Gasteiger partial charge in [-0.15, -0.1) is 0 Å². The number of amides is 2. The Hall–Kier alpha value is -1.06. The molecular weight excluding hydrogens is 132 g/mol. The third kappa shape index (κ3) is 1.26. The Kier molecular flexibility index (Phi) is 1.89. The van der Waals surface area contributed by atoms with Crippen LogP contribution in [0.3, 0.4) is 0 Å². The second-order valence-electron chi connectivity index (χ2n) is 2.49. The van der Waals surface area contributed by atoms with Gasteiger partial charge in [-0.2, -0.15) is 0 Å². The van der Waals surface area contributed by atoms with Gasteiger partial charge in [0.2, 0.25) is 12.3 Å². The van der Waals surface area contributed by atoms with Crippen molar-refractivity contribution in [3.05, 3.63) is 0 Å². The summed E-state index contributed by atoms with van der Waals surface area (Å²) in [7, 11) is 0. The van der Waals surface area contributed by atoms with Crippen LogP contribution in [0.5, 0.6) is 0 Å². The summed E-state index contributed by atoms with van der Waals surface area (Å²) >= 11 is 0. The van der Waals surface area contributed by atoms with E-state index in [0.29, 0.717) is 19.5 Å². The van der Waals surface area contributed by atoms with Gasteiger partial charge >= 0.3 is 0 Å². The quantitative estimate of drug-likeness (QED) is 0.500. The molecule has 0 aromatic rings. The van der Waals surface area contributed by atoms with E-state index in [2.05, 4.69) is 0 Å². The Bertz CT molecular complexity index is 158. The lowest BCUT2D eigenvalue weighted by Crippen LogP contribution is -2.26. The van der Waals surface area contributed by atoms with Crippen LogP contribution in [-0.4, -0.2) is 30.3 Å². The van der Waals surface area contributed by atoms with E-state index < -0.39 is 0 Å². The molecule has 1 saturated heterocycles. The van der Waals surface area contributed by atoms with Crippen molar-refractivity contribution < 1.29 is 9.59 Å². The van der Waals surface area contributed by atoms with Crippen LogP contribution in [0.1, 0.15) is 6.42 Å². The first kappa shape index (κ1) is 7.05. The lowest BCUT2D eigenvalue weighted by molar-refractivity contribution is -0.121. The average molecular weight is 142 g/mol. The molecule has 1 aliphatic heterocycles. The van der Waals surface area contributed by atoms with Crippen LogP contribution in [0.2, 0.25) is 0 Å². The lowest BCUT2D eigenvalue weighted by Gasteiger charge is -2.06. The van der Waals surface area contributed by atoms with Crippen LogP contribution in [0.15, 0.2) is 0 Å². The molecule has 1 atom stereocenters. The largest absolute Gasteiger partial charge is 0.369 e. The van der Waals surface area contributed by atoms with E-state index in [1.807, 2.05) is 0 Å². The van der Waals surface area contributed by atoms with Crippen molar-refractivity contribution >= 4 is 12.3 Å². The fraction of sp³-hybridized carbons (Fsp3) is 0.667. The summed E-state index contributed by atoms with van der Waals surface area (Å²) in [5.74, 6) is -0.422. The van der Waals surface area contributed by atoms with E-state index in [4.69, 9.17) is 5.73 Å². The van der Waals surface area contributed by atoms with Gasteiger partial charge in [0.05, 0.1) is 5.92 Å². The van der Waals surface area contributed by atoms with E-state index in [1.54, 1.807) is 4.90 Å². The van der Waals surface area contributed by atoms with Crippen LogP contribution in [0.25, 0.3) is 0 Å². The van der Waals surface area contributed by atoms with Crippen molar-refractivity contribution in [1.29, 1.82) is 0 Å². The van der Waals surface area contributed by atoms with Gasteiger partial charge in [0.25, 0.3) is 0 Å². The topological polar surface area (TPSA) is 63.4 Å². The fourth-order valence-corrected chi connectivity index (χ4v) is 1.12. The predicted octanol–water partition coefficient (Wildman–Crippen LogP) is -1.05. The summed E-state index contributed by atoms with van der Waals surface area (Å²) in [5, 5.41) is 0. The highest BCUT2D eigenvalue weighted by Gasteiger charge is 2.24. The van der Waals surface area contributed by atoms with Gasteiger partial charge in [-0.05, 0) is 6.42 Å². The van der Waals surface area contributed by atoms with E-state index in [9.17, 15) is 9.59 Å². The minimum Gasteiger partial charge on any atom is -0.369 e. The number of carbonyl (C=O) groups excluding carboxylic acids is 2. The number of primary amides is 1. The van der Waals surface area contributed by atoms with Gasteiger partial charge in [0.1, 0.15) is 0 Å². The molecule has 0 aromatic carbocycles. The molecule has 0 spiro atoms. The molecule has 4 heteroatoms. The molecule has 2 amide bonds. The Balaban J connectivity index is 2.42. The molecule has 2 N–H and O–H groups in total. The molecule has 1 fully saturated rings. The van der Waals surface area contributed by atoms with Crippen molar-refractivity contribution in [2.24, 2.45) is 11.7 Å². The third-order valence-electron chi connectivity index (χ3n) is 1.77. The second kappa shape index (κ2) is 2.68. The van der Waals surface area contributed by atoms with Crippen LogP contribution < -0.4 is 5.73 Å². The highest BCUT2D eigenvalue weighted by molar-refractivity contribution is 5.77. The Labute approximate surface area is 59.0 Å². The normalized spacial score (nSPS) is 24.8. The monoisotopic (exact) mass is 142 g/mol. The first-order valence-electron chi connectivity index (χ1n) is 3.22. The maximum absolute atomic E-state index is 10.5. The fourth-order valence-electron chi connectivity index (χ4n) is 1.12. The smallest absolute Gasteiger partial charge is 0.222 e. The van der Waals surface area contributed by atoms with Gasteiger partial charge in [0, 0.05) is 13.1 Å². The number of nitrogens with zero attached hydrogens (tertiary/aromatic N) is 1. The number of rotatable bonds is 2. The standard InChI is InChI=1S/C6H10N2O2/c7-6(10)5-1-2-8(3-5)4-9/h4-5H,1-3H2,(H2,7,10). The second-order valence-corrected chi connectivity index (χ2v) is 2.49. The Morgan fingerprint density at radius 1 is 1.70 bits per heavy atom. The van der Waals surface area contributed by atoms with Gasteiger partial charge in [-0.1, -0.05) is 0 Å². The van der Waals surface area contributed by atoms with E-state index in [1.165, 1.54) is 0 Å². The van der Waals surface area contributed by atoms with Crippen molar-refractivity contribution in [2.45, 2.75) is 6.42 Å². The number of hydrogen-bond acceptors (Lipinski definition) is 2. The van der Waals surface area contributed by atoms with Gasteiger partial charge in [-0.25, -0.2) is 0 Å². The average Bonchev–Trinajstić information content (AvgIpc) is 2.34. The number of nitrogens with two attached hydrogens (primary N) is 1. The van der Waals surface area contributed by atoms with E-state index in [0.717, 1.165) is 6.41 Å². The van der Waals surface area contributed by atoms with E-state index in [-0.39, 0.29) is 11.8 Å². The summed E-state index contributed by atoms with van der Waals surface area (Å²) in [6.45, 7) is 1.16. The molecule has 56 valence electrons. The maximum atomic E-state index is 10.5. The molecule has 4 nitrogen and oxygen atoms in total. The summed E-state index contributed by atoms with van der Waals surface area (Å²) in [5.41, 5.74) is 5.03. The number of likely N-dealkylation sites (tertiary alicyclic amines) is 1. The molecular formula is C6H10N2O2. The minimum atomic E-state index is -0.302. The molecule has 0 radical (unpaired) electrons. The van der Waals surface area contributed by atoms with E-state index >= 15 is 0 Å². The van der Waals surface area contributed by atoms with Crippen molar-refractivity contribution in [3.63, 3.8) is 0 Å². The van der Waals surface area contributed by atoms with Crippen molar-refractivity contribution in [1.82, 2.24) is 4.90 Å². The predicted molar refractivity (Wildman–Crippen MR) is 34.9 cm³/mol. The molecule has 0 bridgehead atoms.